The van der Waals surface area contributed by atoms with Crippen molar-refractivity contribution in [2.75, 3.05) is 5.75 Å². The third-order valence-corrected chi connectivity index (χ3v) is 4.21. The monoisotopic (exact) mass is 298 g/mol. The number of carbonyl (C=O) groups is 1. The summed E-state index contributed by atoms with van der Waals surface area (Å²) in [7, 11) is 1.83. The van der Waals surface area contributed by atoms with Crippen LogP contribution in [-0.4, -0.2) is 31.3 Å². The van der Waals surface area contributed by atoms with E-state index in [2.05, 4.69) is 15.1 Å². The first-order chi connectivity index (χ1) is 10.1. The SMILES string of the molecule is Cc1ccc(C(=O)CSc2ncnc3c2cnn3C)cc1. The van der Waals surface area contributed by atoms with Crippen molar-refractivity contribution in [2.24, 2.45) is 7.05 Å². The van der Waals surface area contributed by atoms with Gasteiger partial charge in [-0.15, -0.1) is 0 Å². The molecule has 0 aliphatic heterocycles. The lowest BCUT2D eigenvalue weighted by molar-refractivity contribution is 0.102. The summed E-state index contributed by atoms with van der Waals surface area (Å²) in [5.74, 6) is 0.444. The van der Waals surface area contributed by atoms with Crippen LogP contribution >= 0.6 is 11.8 Å². The summed E-state index contributed by atoms with van der Waals surface area (Å²) >= 11 is 1.42. The van der Waals surface area contributed by atoms with Gasteiger partial charge >= 0.3 is 0 Å². The molecule has 1 aromatic carbocycles. The Labute approximate surface area is 126 Å². The van der Waals surface area contributed by atoms with Crippen LogP contribution in [0.15, 0.2) is 41.8 Å². The molecule has 21 heavy (non-hydrogen) atoms. The zero-order valence-corrected chi connectivity index (χ0v) is 12.6. The number of aromatic nitrogens is 4. The molecule has 0 aliphatic rings. The number of thioether (sulfide) groups is 1. The van der Waals surface area contributed by atoms with Crippen LogP contribution in [-0.2, 0) is 7.05 Å². The van der Waals surface area contributed by atoms with Gasteiger partial charge in [0, 0.05) is 12.6 Å². The van der Waals surface area contributed by atoms with Gasteiger partial charge in [-0.25, -0.2) is 9.97 Å². The average Bonchev–Trinajstić information content (AvgIpc) is 2.88. The van der Waals surface area contributed by atoms with Crippen molar-refractivity contribution in [1.29, 1.82) is 0 Å². The van der Waals surface area contributed by atoms with Crippen LogP contribution in [0.2, 0.25) is 0 Å². The molecule has 0 aliphatic carbocycles. The Morgan fingerprint density at radius 3 is 2.76 bits per heavy atom. The van der Waals surface area contributed by atoms with Crippen LogP contribution in [0, 0.1) is 6.92 Å². The lowest BCUT2D eigenvalue weighted by Crippen LogP contribution is -2.02. The highest BCUT2D eigenvalue weighted by Crippen LogP contribution is 2.24. The maximum atomic E-state index is 12.2. The van der Waals surface area contributed by atoms with Crippen LogP contribution in [0.1, 0.15) is 15.9 Å². The molecule has 0 unspecified atom stereocenters. The van der Waals surface area contributed by atoms with E-state index in [-0.39, 0.29) is 5.78 Å². The smallest absolute Gasteiger partial charge is 0.173 e. The van der Waals surface area contributed by atoms with E-state index in [0.717, 1.165) is 27.2 Å². The van der Waals surface area contributed by atoms with Gasteiger partial charge in [-0.05, 0) is 6.92 Å². The van der Waals surface area contributed by atoms with Gasteiger partial charge in [0.05, 0.1) is 17.3 Å². The van der Waals surface area contributed by atoms with Gasteiger partial charge < -0.3 is 0 Å². The number of benzene rings is 1. The van der Waals surface area contributed by atoms with E-state index < -0.39 is 0 Å². The first kappa shape index (κ1) is 13.8. The molecule has 106 valence electrons. The zero-order valence-electron chi connectivity index (χ0n) is 11.8. The number of ketones is 1. The molecule has 0 fully saturated rings. The number of nitrogens with zero attached hydrogens (tertiary/aromatic N) is 4. The third kappa shape index (κ3) is 2.80. The van der Waals surface area contributed by atoms with E-state index in [9.17, 15) is 4.79 Å². The lowest BCUT2D eigenvalue weighted by Gasteiger charge is -2.03. The molecule has 0 saturated heterocycles. The Balaban J connectivity index is 1.77. The van der Waals surface area contributed by atoms with Crippen LogP contribution in [0.25, 0.3) is 11.0 Å². The maximum absolute atomic E-state index is 12.2. The number of hydrogen-bond donors (Lipinski definition) is 0. The fourth-order valence-corrected chi connectivity index (χ4v) is 2.87. The number of hydrogen-bond acceptors (Lipinski definition) is 5. The Morgan fingerprint density at radius 1 is 1.24 bits per heavy atom. The van der Waals surface area contributed by atoms with Crippen LogP contribution in [0.5, 0.6) is 0 Å². The van der Waals surface area contributed by atoms with Crippen LogP contribution in [0.3, 0.4) is 0 Å². The topological polar surface area (TPSA) is 60.7 Å². The predicted octanol–water partition coefficient (Wildman–Crippen LogP) is 2.65. The minimum Gasteiger partial charge on any atom is -0.293 e. The fourth-order valence-electron chi connectivity index (χ4n) is 2.01. The Hall–Kier alpha value is -2.21. The molecule has 5 nitrogen and oxygen atoms in total. The molecule has 0 N–H and O–H groups in total. The van der Waals surface area contributed by atoms with E-state index in [0.29, 0.717) is 5.75 Å². The van der Waals surface area contributed by atoms with E-state index in [4.69, 9.17) is 0 Å². The second kappa shape index (κ2) is 5.65. The summed E-state index contributed by atoms with van der Waals surface area (Å²) in [5.41, 5.74) is 2.65. The number of fused-ring (bicyclic) bond motifs is 1. The van der Waals surface area contributed by atoms with E-state index in [1.807, 2.05) is 38.2 Å². The fraction of sp³-hybridized carbons (Fsp3) is 0.200. The first-order valence-corrected chi connectivity index (χ1v) is 7.49. The normalized spacial score (nSPS) is 11.0. The highest BCUT2D eigenvalue weighted by Gasteiger charge is 2.11. The van der Waals surface area contributed by atoms with Crippen LogP contribution < -0.4 is 0 Å². The van der Waals surface area contributed by atoms with Crippen molar-refractivity contribution in [2.45, 2.75) is 11.9 Å². The summed E-state index contributed by atoms with van der Waals surface area (Å²) in [5, 5.41) is 5.83. The Bertz CT molecular complexity index is 795. The third-order valence-electron chi connectivity index (χ3n) is 3.21. The van der Waals surface area contributed by atoms with Crippen molar-refractivity contribution in [3.63, 3.8) is 0 Å². The van der Waals surface area contributed by atoms with E-state index in [1.54, 1.807) is 10.9 Å². The molecule has 0 atom stereocenters. The molecule has 0 spiro atoms. The van der Waals surface area contributed by atoms with Crippen molar-refractivity contribution >= 4 is 28.6 Å². The quantitative estimate of drug-likeness (QED) is 0.421. The van der Waals surface area contributed by atoms with Gasteiger partial charge in [-0.2, -0.15) is 5.10 Å². The zero-order chi connectivity index (χ0) is 14.8. The van der Waals surface area contributed by atoms with Gasteiger partial charge in [0.2, 0.25) is 0 Å². The molecule has 6 heteroatoms. The van der Waals surface area contributed by atoms with Crippen LogP contribution in [0.4, 0.5) is 0 Å². The van der Waals surface area contributed by atoms with Crippen molar-refractivity contribution < 1.29 is 4.79 Å². The van der Waals surface area contributed by atoms with Gasteiger partial charge in [-0.1, -0.05) is 41.6 Å². The molecule has 2 aromatic heterocycles. The highest BCUT2D eigenvalue weighted by molar-refractivity contribution is 8.00. The molecular formula is C15H14N4OS. The first-order valence-electron chi connectivity index (χ1n) is 6.50. The average molecular weight is 298 g/mol. The number of rotatable bonds is 4. The molecule has 2 heterocycles. The van der Waals surface area contributed by atoms with Gasteiger partial charge in [0.15, 0.2) is 11.4 Å². The minimum absolute atomic E-state index is 0.0932. The van der Waals surface area contributed by atoms with Gasteiger partial charge in [-0.3, -0.25) is 9.48 Å². The number of carbonyl (C=O) groups excluding carboxylic acids is 1. The van der Waals surface area contributed by atoms with Crippen molar-refractivity contribution in [1.82, 2.24) is 19.7 Å². The van der Waals surface area contributed by atoms with E-state index in [1.165, 1.54) is 18.1 Å². The van der Waals surface area contributed by atoms with Crippen molar-refractivity contribution in [3.8, 4) is 0 Å². The van der Waals surface area contributed by atoms with Gasteiger partial charge in [0.25, 0.3) is 0 Å². The number of aryl methyl sites for hydroxylation is 2. The Kier molecular flexibility index (Phi) is 3.70. The second-order valence-corrected chi connectivity index (χ2v) is 5.73. The summed E-state index contributed by atoms with van der Waals surface area (Å²) in [6.07, 6.45) is 3.23. The lowest BCUT2D eigenvalue weighted by atomic mass is 10.1. The number of Topliss-reactive ketones (excluding diaryl/α,β-unsaturated/α-hetero) is 1. The molecule has 3 aromatic rings. The largest absolute Gasteiger partial charge is 0.293 e. The standard InChI is InChI=1S/C15H14N4OS/c1-10-3-5-11(6-4-10)13(20)8-21-15-12-7-18-19(2)14(12)16-9-17-15/h3-7,9H,8H2,1-2H3. The summed E-state index contributed by atoms with van der Waals surface area (Å²) in [6.45, 7) is 2.00. The maximum Gasteiger partial charge on any atom is 0.173 e. The summed E-state index contributed by atoms with van der Waals surface area (Å²) in [4.78, 5) is 20.6. The molecule has 3 rings (SSSR count). The minimum atomic E-state index is 0.0932. The molecule has 0 bridgehead atoms. The van der Waals surface area contributed by atoms with Gasteiger partial charge in [0.1, 0.15) is 11.4 Å². The highest BCUT2D eigenvalue weighted by atomic mass is 32.2. The van der Waals surface area contributed by atoms with E-state index >= 15 is 0 Å². The molecular weight excluding hydrogens is 284 g/mol. The Morgan fingerprint density at radius 2 is 2.00 bits per heavy atom. The van der Waals surface area contributed by atoms with Crippen molar-refractivity contribution in [3.05, 3.63) is 47.9 Å². The molecule has 0 saturated carbocycles. The molecule has 0 radical (unpaired) electrons. The summed E-state index contributed by atoms with van der Waals surface area (Å²) < 4.78 is 1.70. The molecule has 0 amide bonds. The second-order valence-electron chi connectivity index (χ2n) is 4.76. The predicted molar refractivity (Wildman–Crippen MR) is 82.5 cm³/mol. The summed E-state index contributed by atoms with van der Waals surface area (Å²) in [6, 6.07) is 7.61.